The summed E-state index contributed by atoms with van der Waals surface area (Å²) in [6, 6.07) is 11.3. The number of rotatable bonds is 4. The first kappa shape index (κ1) is 13.8. The number of para-hydroxylation sites is 2. The number of nitrogens with one attached hydrogen (secondary N) is 1. The van der Waals surface area contributed by atoms with Crippen molar-refractivity contribution in [2.45, 2.75) is 0 Å². The molecule has 0 aliphatic carbocycles. The fraction of sp³-hybridized carbons (Fsp3) is 0.0667. The molecule has 4 nitrogen and oxygen atoms in total. The first-order chi connectivity index (χ1) is 10.3. The van der Waals surface area contributed by atoms with Gasteiger partial charge in [-0.25, -0.2) is 4.98 Å². The van der Waals surface area contributed by atoms with Crippen LogP contribution in [0.1, 0.15) is 10.5 Å². The molecule has 0 spiro atoms. The molecule has 0 atom stereocenters. The van der Waals surface area contributed by atoms with Crippen LogP contribution in [0.4, 0.5) is 5.69 Å². The molecule has 6 heteroatoms. The number of ether oxygens (including phenoxy) is 1. The van der Waals surface area contributed by atoms with E-state index in [1.807, 2.05) is 29.6 Å². The van der Waals surface area contributed by atoms with E-state index >= 15 is 0 Å². The van der Waals surface area contributed by atoms with E-state index in [0.717, 1.165) is 9.88 Å². The number of carbonyl (C=O) groups excluding carboxylic acids is 1. The first-order valence-electron chi connectivity index (χ1n) is 6.21. The third kappa shape index (κ3) is 2.96. The van der Waals surface area contributed by atoms with Crippen LogP contribution >= 0.6 is 22.7 Å². The van der Waals surface area contributed by atoms with E-state index in [2.05, 4.69) is 10.3 Å². The lowest BCUT2D eigenvalue weighted by molar-refractivity contribution is 0.102. The molecule has 2 aromatic heterocycles. The molecule has 21 heavy (non-hydrogen) atoms. The molecule has 0 radical (unpaired) electrons. The third-order valence-corrected chi connectivity index (χ3v) is 4.71. The number of hydrogen-bond acceptors (Lipinski definition) is 5. The molecule has 2 heterocycles. The number of thiophene rings is 1. The molecule has 0 unspecified atom stereocenters. The molecule has 1 amide bonds. The van der Waals surface area contributed by atoms with E-state index in [1.54, 1.807) is 36.0 Å². The second kappa shape index (κ2) is 6.07. The highest BCUT2D eigenvalue weighted by Crippen LogP contribution is 2.29. The van der Waals surface area contributed by atoms with Crippen molar-refractivity contribution in [3.8, 4) is 15.6 Å². The number of aromatic nitrogens is 1. The van der Waals surface area contributed by atoms with Crippen LogP contribution in [-0.2, 0) is 0 Å². The van der Waals surface area contributed by atoms with Gasteiger partial charge in [-0.2, -0.15) is 0 Å². The molecule has 0 aliphatic heterocycles. The topological polar surface area (TPSA) is 51.2 Å². The maximum absolute atomic E-state index is 12.2. The summed E-state index contributed by atoms with van der Waals surface area (Å²) >= 11 is 3.07. The number of hydrogen-bond donors (Lipinski definition) is 1. The SMILES string of the molecule is COc1ccccc1NC(=O)c1csc(-c2cccs2)n1. The predicted octanol–water partition coefficient (Wildman–Crippen LogP) is 4.13. The van der Waals surface area contributed by atoms with Gasteiger partial charge >= 0.3 is 0 Å². The zero-order chi connectivity index (χ0) is 14.7. The number of benzene rings is 1. The van der Waals surface area contributed by atoms with E-state index in [0.29, 0.717) is 17.1 Å². The van der Waals surface area contributed by atoms with Crippen molar-refractivity contribution < 1.29 is 9.53 Å². The van der Waals surface area contributed by atoms with Gasteiger partial charge in [0, 0.05) is 5.38 Å². The van der Waals surface area contributed by atoms with Crippen molar-refractivity contribution in [3.63, 3.8) is 0 Å². The van der Waals surface area contributed by atoms with Crippen LogP contribution in [0.15, 0.2) is 47.2 Å². The lowest BCUT2D eigenvalue weighted by Crippen LogP contribution is -2.12. The molecular formula is C15H12N2O2S2. The quantitative estimate of drug-likeness (QED) is 0.787. The van der Waals surface area contributed by atoms with E-state index in [9.17, 15) is 4.79 Å². The standard InChI is InChI=1S/C15H12N2O2S2/c1-19-12-6-3-2-5-10(12)16-14(18)11-9-21-15(17-11)13-7-4-8-20-13/h2-9H,1H3,(H,16,18). The molecule has 3 aromatic rings. The van der Waals surface area contributed by atoms with Crippen molar-refractivity contribution in [3.05, 3.63) is 52.9 Å². The normalized spacial score (nSPS) is 10.3. The van der Waals surface area contributed by atoms with Crippen LogP contribution in [0.25, 0.3) is 9.88 Å². The van der Waals surface area contributed by atoms with E-state index < -0.39 is 0 Å². The van der Waals surface area contributed by atoms with Crippen LogP contribution < -0.4 is 10.1 Å². The van der Waals surface area contributed by atoms with Crippen molar-refractivity contribution >= 4 is 34.3 Å². The Morgan fingerprint density at radius 3 is 2.81 bits per heavy atom. The largest absolute Gasteiger partial charge is 0.495 e. The van der Waals surface area contributed by atoms with E-state index in [4.69, 9.17) is 4.74 Å². The fourth-order valence-electron chi connectivity index (χ4n) is 1.83. The van der Waals surface area contributed by atoms with Gasteiger partial charge in [-0.1, -0.05) is 18.2 Å². The zero-order valence-corrected chi connectivity index (χ0v) is 12.8. The van der Waals surface area contributed by atoms with E-state index in [1.165, 1.54) is 11.3 Å². The Kier molecular flexibility index (Phi) is 3.98. The average molecular weight is 316 g/mol. The smallest absolute Gasteiger partial charge is 0.275 e. The molecule has 0 saturated carbocycles. The predicted molar refractivity (Wildman–Crippen MR) is 86.4 cm³/mol. The van der Waals surface area contributed by atoms with Crippen LogP contribution in [0.3, 0.4) is 0 Å². The van der Waals surface area contributed by atoms with Gasteiger partial charge in [0.15, 0.2) is 0 Å². The van der Waals surface area contributed by atoms with Gasteiger partial charge in [0.2, 0.25) is 0 Å². The van der Waals surface area contributed by atoms with Crippen molar-refractivity contribution in [1.29, 1.82) is 0 Å². The Morgan fingerprint density at radius 2 is 2.05 bits per heavy atom. The van der Waals surface area contributed by atoms with Crippen LogP contribution in [0.2, 0.25) is 0 Å². The van der Waals surface area contributed by atoms with Gasteiger partial charge in [-0.3, -0.25) is 4.79 Å². The zero-order valence-electron chi connectivity index (χ0n) is 11.2. The number of nitrogens with zero attached hydrogens (tertiary/aromatic N) is 1. The van der Waals surface area contributed by atoms with Crippen molar-refractivity contribution in [2.75, 3.05) is 12.4 Å². The Balaban J connectivity index is 1.80. The van der Waals surface area contributed by atoms with Gasteiger partial charge in [-0.15, -0.1) is 22.7 Å². The molecular weight excluding hydrogens is 304 g/mol. The van der Waals surface area contributed by atoms with E-state index in [-0.39, 0.29) is 5.91 Å². The van der Waals surface area contributed by atoms with Crippen molar-refractivity contribution in [1.82, 2.24) is 4.98 Å². The van der Waals surface area contributed by atoms with Crippen LogP contribution in [0.5, 0.6) is 5.75 Å². The number of methoxy groups -OCH3 is 1. The van der Waals surface area contributed by atoms with Crippen LogP contribution in [-0.4, -0.2) is 18.0 Å². The summed E-state index contributed by atoms with van der Waals surface area (Å²) in [5.74, 6) is 0.387. The van der Waals surface area contributed by atoms with Crippen LogP contribution in [0, 0.1) is 0 Å². The summed E-state index contributed by atoms with van der Waals surface area (Å²) in [6.07, 6.45) is 0. The molecule has 0 saturated heterocycles. The van der Waals surface area contributed by atoms with Gasteiger partial charge in [-0.05, 0) is 23.6 Å². The maximum Gasteiger partial charge on any atom is 0.275 e. The summed E-state index contributed by atoms with van der Waals surface area (Å²) < 4.78 is 5.22. The molecule has 3 rings (SSSR count). The van der Waals surface area contributed by atoms with Gasteiger partial charge in [0.05, 0.1) is 17.7 Å². The lowest BCUT2D eigenvalue weighted by Gasteiger charge is -2.08. The van der Waals surface area contributed by atoms with Crippen molar-refractivity contribution in [2.24, 2.45) is 0 Å². The second-order valence-corrected chi connectivity index (χ2v) is 5.98. The maximum atomic E-state index is 12.2. The number of anilines is 1. The Labute approximate surface area is 130 Å². The Bertz CT molecular complexity index is 751. The highest BCUT2D eigenvalue weighted by atomic mass is 32.1. The van der Waals surface area contributed by atoms with Gasteiger partial charge in [0.1, 0.15) is 16.5 Å². The minimum Gasteiger partial charge on any atom is -0.495 e. The molecule has 1 N–H and O–H groups in total. The lowest BCUT2D eigenvalue weighted by atomic mass is 10.3. The molecule has 0 fully saturated rings. The number of thiazole rings is 1. The summed E-state index contributed by atoms with van der Waals surface area (Å²) in [5.41, 5.74) is 1.05. The summed E-state index contributed by atoms with van der Waals surface area (Å²) in [5, 5.41) is 7.43. The second-order valence-electron chi connectivity index (χ2n) is 4.17. The van der Waals surface area contributed by atoms with Gasteiger partial charge < -0.3 is 10.1 Å². The third-order valence-electron chi connectivity index (χ3n) is 2.82. The Hall–Kier alpha value is -2.18. The summed E-state index contributed by atoms with van der Waals surface area (Å²) in [6.45, 7) is 0. The number of carbonyl (C=O) groups is 1. The molecule has 0 aliphatic rings. The highest BCUT2D eigenvalue weighted by molar-refractivity contribution is 7.20. The summed E-state index contributed by atoms with van der Waals surface area (Å²) in [7, 11) is 1.57. The minimum absolute atomic E-state index is 0.237. The summed E-state index contributed by atoms with van der Waals surface area (Å²) in [4.78, 5) is 17.7. The molecule has 106 valence electrons. The molecule has 1 aromatic carbocycles. The highest BCUT2D eigenvalue weighted by Gasteiger charge is 2.14. The first-order valence-corrected chi connectivity index (χ1v) is 7.97. The Morgan fingerprint density at radius 1 is 1.19 bits per heavy atom. The monoisotopic (exact) mass is 316 g/mol. The fourth-order valence-corrected chi connectivity index (χ4v) is 3.44. The minimum atomic E-state index is -0.237. The molecule has 0 bridgehead atoms. The average Bonchev–Trinajstić information content (AvgIpc) is 3.18. The number of amides is 1. The van der Waals surface area contributed by atoms with Gasteiger partial charge in [0.25, 0.3) is 5.91 Å².